The van der Waals surface area contributed by atoms with Crippen molar-refractivity contribution in [2.24, 2.45) is 5.73 Å². The van der Waals surface area contributed by atoms with Gasteiger partial charge in [0.05, 0.1) is 13.0 Å². The van der Waals surface area contributed by atoms with E-state index in [1.807, 2.05) is 13.0 Å². The summed E-state index contributed by atoms with van der Waals surface area (Å²) in [5.74, 6) is 0.674. The molecule has 1 rings (SSSR count). The highest BCUT2D eigenvalue weighted by atomic mass is 16.6. The van der Waals surface area contributed by atoms with Gasteiger partial charge in [0, 0.05) is 6.54 Å². The van der Waals surface area contributed by atoms with Crippen molar-refractivity contribution in [3.8, 4) is 11.5 Å². The molecule has 0 aromatic heterocycles. The molecule has 0 heterocycles. The molecule has 0 bridgehead atoms. The van der Waals surface area contributed by atoms with Gasteiger partial charge in [-0.05, 0) is 19.1 Å². The first-order valence-electron chi connectivity index (χ1n) is 4.90. The van der Waals surface area contributed by atoms with Crippen molar-refractivity contribution in [2.45, 2.75) is 13.3 Å². The van der Waals surface area contributed by atoms with Crippen molar-refractivity contribution >= 4 is 5.97 Å². The molecule has 0 aliphatic rings. The van der Waals surface area contributed by atoms with Crippen LogP contribution in [0.25, 0.3) is 0 Å². The van der Waals surface area contributed by atoms with Crippen molar-refractivity contribution < 1.29 is 14.3 Å². The van der Waals surface area contributed by atoms with E-state index in [4.69, 9.17) is 15.2 Å². The molecule has 0 atom stereocenters. The smallest absolute Gasteiger partial charge is 0.312 e. The summed E-state index contributed by atoms with van der Waals surface area (Å²) in [6, 6.07) is 7.06. The van der Waals surface area contributed by atoms with Crippen LogP contribution in [0.15, 0.2) is 24.3 Å². The maximum absolute atomic E-state index is 11.2. The Morgan fingerprint density at radius 3 is 2.60 bits per heavy atom. The molecule has 1 aromatic carbocycles. The zero-order valence-electron chi connectivity index (χ0n) is 8.73. The zero-order chi connectivity index (χ0) is 11.1. The quantitative estimate of drug-likeness (QED) is 0.587. The summed E-state index contributed by atoms with van der Waals surface area (Å²) in [5, 5.41) is 0. The normalized spacial score (nSPS) is 9.73. The summed E-state index contributed by atoms with van der Waals surface area (Å²) in [6.45, 7) is 2.69. The predicted molar refractivity (Wildman–Crippen MR) is 56.9 cm³/mol. The molecular formula is C11H15NO3. The van der Waals surface area contributed by atoms with Gasteiger partial charge in [-0.1, -0.05) is 12.1 Å². The fourth-order valence-corrected chi connectivity index (χ4v) is 1.10. The largest absolute Gasteiger partial charge is 0.490 e. The van der Waals surface area contributed by atoms with Gasteiger partial charge < -0.3 is 15.2 Å². The van der Waals surface area contributed by atoms with Crippen LogP contribution in [0.5, 0.6) is 11.5 Å². The van der Waals surface area contributed by atoms with Gasteiger partial charge >= 0.3 is 5.97 Å². The monoisotopic (exact) mass is 209 g/mol. The number of ether oxygens (including phenoxy) is 2. The van der Waals surface area contributed by atoms with E-state index in [2.05, 4.69) is 0 Å². The molecule has 0 radical (unpaired) electrons. The molecule has 0 aliphatic carbocycles. The summed E-state index contributed by atoms with van der Waals surface area (Å²) >= 11 is 0. The highest BCUT2D eigenvalue weighted by molar-refractivity contribution is 5.73. The van der Waals surface area contributed by atoms with Crippen molar-refractivity contribution in [3.05, 3.63) is 24.3 Å². The van der Waals surface area contributed by atoms with E-state index in [0.717, 1.165) is 0 Å². The molecule has 0 saturated heterocycles. The Labute approximate surface area is 89.0 Å². The molecule has 0 saturated carbocycles. The topological polar surface area (TPSA) is 61.5 Å². The Bertz CT molecular complexity index is 325. The average Bonchev–Trinajstić information content (AvgIpc) is 2.21. The van der Waals surface area contributed by atoms with Gasteiger partial charge in [0.1, 0.15) is 0 Å². The van der Waals surface area contributed by atoms with E-state index in [9.17, 15) is 4.79 Å². The molecule has 1 aromatic rings. The lowest BCUT2D eigenvalue weighted by molar-refractivity contribution is -0.134. The van der Waals surface area contributed by atoms with Crippen molar-refractivity contribution in [2.75, 3.05) is 13.2 Å². The minimum Gasteiger partial charge on any atom is -0.490 e. The molecule has 4 nitrogen and oxygen atoms in total. The van der Waals surface area contributed by atoms with Crippen LogP contribution >= 0.6 is 0 Å². The first-order valence-corrected chi connectivity index (χ1v) is 4.90. The predicted octanol–water partition coefficient (Wildman–Crippen LogP) is 1.34. The first kappa shape index (κ1) is 11.5. The third-order valence-electron chi connectivity index (χ3n) is 1.72. The Morgan fingerprint density at radius 2 is 2.00 bits per heavy atom. The van der Waals surface area contributed by atoms with E-state index in [0.29, 0.717) is 18.1 Å². The van der Waals surface area contributed by atoms with Gasteiger partial charge in [0.2, 0.25) is 0 Å². The van der Waals surface area contributed by atoms with E-state index in [-0.39, 0.29) is 18.9 Å². The van der Waals surface area contributed by atoms with Crippen molar-refractivity contribution in [1.82, 2.24) is 0 Å². The second-order valence-corrected chi connectivity index (χ2v) is 2.89. The molecule has 0 spiro atoms. The molecule has 0 unspecified atom stereocenters. The lowest BCUT2D eigenvalue weighted by Crippen LogP contribution is -2.14. The van der Waals surface area contributed by atoms with Gasteiger partial charge in [-0.25, -0.2) is 0 Å². The Balaban J connectivity index is 2.70. The van der Waals surface area contributed by atoms with Crippen LogP contribution < -0.4 is 15.2 Å². The third-order valence-corrected chi connectivity index (χ3v) is 1.72. The standard InChI is InChI=1S/C11H15NO3/c1-2-14-9-5-3-4-6-10(9)15-11(13)7-8-12/h3-6H,2,7-8,12H2,1H3. The van der Waals surface area contributed by atoms with E-state index >= 15 is 0 Å². The van der Waals surface area contributed by atoms with Crippen LogP contribution in [0.4, 0.5) is 0 Å². The molecule has 0 amide bonds. The summed E-state index contributed by atoms with van der Waals surface area (Å²) in [6.07, 6.45) is 0.209. The minimum absolute atomic E-state index is 0.209. The Hall–Kier alpha value is -1.55. The van der Waals surface area contributed by atoms with Gasteiger partial charge in [0.25, 0.3) is 0 Å². The molecule has 15 heavy (non-hydrogen) atoms. The fourth-order valence-electron chi connectivity index (χ4n) is 1.10. The van der Waals surface area contributed by atoms with Crippen molar-refractivity contribution in [1.29, 1.82) is 0 Å². The number of rotatable bonds is 5. The summed E-state index contributed by atoms with van der Waals surface area (Å²) in [5.41, 5.74) is 5.25. The number of hydrogen-bond donors (Lipinski definition) is 1. The van der Waals surface area contributed by atoms with Gasteiger partial charge in [-0.3, -0.25) is 4.79 Å². The third kappa shape index (κ3) is 3.59. The van der Waals surface area contributed by atoms with E-state index < -0.39 is 0 Å². The van der Waals surface area contributed by atoms with Crippen LogP contribution in [-0.2, 0) is 4.79 Å². The number of para-hydroxylation sites is 2. The average molecular weight is 209 g/mol. The second-order valence-electron chi connectivity index (χ2n) is 2.89. The zero-order valence-corrected chi connectivity index (χ0v) is 8.73. The highest BCUT2D eigenvalue weighted by Crippen LogP contribution is 2.26. The minimum atomic E-state index is -0.343. The number of carbonyl (C=O) groups is 1. The molecule has 82 valence electrons. The molecule has 2 N–H and O–H groups in total. The SMILES string of the molecule is CCOc1ccccc1OC(=O)CCN. The Kier molecular flexibility index (Phi) is 4.63. The number of nitrogens with two attached hydrogens (primary N) is 1. The fraction of sp³-hybridized carbons (Fsp3) is 0.364. The summed E-state index contributed by atoms with van der Waals surface area (Å²) in [4.78, 5) is 11.2. The lowest BCUT2D eigenvalue weighted by Gasteiger charge is -2.09. The van der Waals surface area contributed by atoms with Gasteiger partial charge in [0.15, 0.2) is 11.5 Å². The number of hydrogen-bond acceptors (Lipinski definition) is 4. The molecule has 0 aliphatic heterocycles. The maximum Gasteiger partial charge on any atom is 0.312 e. The first-order chi connectivity index (χ1) is 7.27. The Morgan fingerprint density at radius 1 is 1.33 bits per heavy atom. The van der Waals surface area contributed by atoms with Crippen LogP contribution in [0.2, 0.25) is 0 Å². The van der Waals surface area contributed by atoms with Crippen LogP contribution in [0, 0.1) is 0 Å². The van der Waals surface area contributed by atoms with Gasteiger partial charge in [-0.2, -0.15) is 0 Å². The highest BCUT2D eigenvalue weighted by Gasteiger charge is 2.08. The maximum atomic E-state index is 11.2. The van der Waals surface area contributed by atoms with Gasteiger partial charge in [-0.15, -0.1) is 0 Å². The second kappa shape index (κ2) is 6.03. The van der Waals surface area contributed by atoms with Crippen LogP contribution in [-0.4, -0.2) is 19.1 Å². The van der Waals surface area contributed by atoms with Crippen LogP contribution in [0.3, 0.4) is 0 Å². The van der Waals surface area contributed by atoms with Crippen molar-refractivity contribution in [3.63, 3.8) is 0 Å². The van der Waals surface area contributed by atoms with E-state index in [1.165, 1.54) is 0 Å². The lowest BCUT2D eigenvalue weighted by atomic mass is 10.3. The van der Waals surface area contributed by atoms with Crippen LogP contribution in [0.1, 0.15) is 13.3 Å². The van der Waals surface area contributed by atoms with E-state index in [1.54, 1.807) is 18.2 Å². The molecule has 4 heteroatoms. The number of benzene rings is 1. The molecule has 0 fully saturated rings. The number of esters is 1. The molecular weight excluding hydrogens is 194 g/mol. The summed E-state index contributed by atoms with van der Waals surface area (Å²) < 4.78 is 10.4. The number of carbonyl (C=O) groups excluding carboxylic acids is 1. The summed E-state index contributed by atoms with van der Waals surface area (Å²) in [7, 11) is 0.